The number of carbonyl (C=O) groups excluding carboxylic acids is 1. The van der Waals surface area contributed by atoms with Crippen LogP contribution in [0.4, 0.5) is 5.69 Å². The first-order valence-electron chi connectivity index (χ1n) is 6.92. The molecule has 1 amide bonds. The van der Waals surface area contributed by atoms with E-state index in [2.05, 4.69) is 0 Å². The lowest BCUT2D eigenvalue weighted by Gasteiger charge is -2.22. The van der Waals surface area contributed by atoms with Gasteiger partial charge in [0.05, 0.1) is 12.3 Å². The fourth-order valence-corrected chi connectivity index (χ4v) is 1.81. The molecule has 0 bridgehead atoms. The second kappa shape index (κ2) is 10.0. The highest BCUT2D eigenvalue weighted by Crippen LogP contribution is 2.19. The number of methoxy groups -OCH3 is 2. The zero-order valence-corrected chi connectivity index (χ0v) is 12.7. The largest absolute Gasteiger partial charge is 0.482 e. The number of hydrogen-bond donors (Lipinski definition) is 1. The maximum absolute atomic E-state index is 12.2. The molecule has 2 N–H and O–H groups in total. The zero-order chi connectivity index (χ0) is 15.5. The van der Waals surface area contributed by atoms with Crippen molar-refractivity contribution in [2.24, 2.45) is 0 Å². The molecule has 0 radical (unpaired) electrons. The number of ether oxygens (including phenoxy) is 3. The maximum atomic E-state index is 12.2. The number of carbonyl (C=O) groups is 1. The summed E-state index contributed by atoms with van der Waals surface area (Å²) in [5.74, 6) is 0.431. The zero-order valence-electron chi connectivity index (χ0n) is 12.7. The van der Waals surface area contributed by atoms with Crippen molar-refractivity contribution in [2.45, 2.75) is 6.42 Å². The average molecular weight is 296 g/mol. The Bertz CT molecular complexity index is 426. The van der Waals surface area contributed by atoms with Crippen LogP contribution in [0.1, 0.15) is 6.42 Å². The summed E-state index contributed by atoms with van der Waals surface area (Å²) in [5.41, 5.74) is 6.30. The molecule has 0 spiro atoms. The lowest BCUT2D eigenvalue weighted by Crippen LogP contribution is -2.38. The Morgan fingerprint density at radius 2 is 1.86 bits per heavy atom. The SMILES string of the molecule is COCCCN(CCOC)C(=O)COc1ccccc1N. The number of benzene rings is 1. The van der Waals surface area contributed by atoms with Crippen molar-refractivity contribution in [3.8, 4) is 5.75 Å². The molecule has 0 aliphatic rings. The topological polar surface area (TPSA) is 74.0 Å². The third-order valence-corrected chi connectivity index (χ3v) is 2.96. The summed E-state index contributed by atoms with van der Waals surface area (Å²) in [6.07, 6.45) is 0.777. The van der Waals surface area contributed by atoms with Gasteiger partial charge in [-0.15, -0.1) is 0 Å². The van der Waals surface area contributed by atoms with Crippen molar-refractivity contribution in [1.29, 1.82) is 0 Å². The van der Waals surface area contributed by atoms with Gasteiger partial charge in [0.1, 0.15) is 5.75 Å². The van der Waals surface area contributed by atoms with Crippen LogP contribution >= 0.6 is 0 Å². The fraction of sp³-hybridized carbons (Fsp3) is 0.533. The number of anilines is 1. The van der Waals surface area contributed by atoms with E-state index in [1.54, 1.807) is 31.3 Å². The van der Waals surface area contributed by atoms with Crippen molar-refractivity contribution in [3.05, 3.63) is 24.3 Å². The van der Waals surface area contributed by atoms with E-state index in [0.717, 1.165) is 6.42 Å². The molecule has 1 aromatic carbocycles. The molecule has 0 unspecified atom stereocenters. The maximum Gasteiger partial charge on any atom is 0.260 e. The second-order valence-electron chi connectivity index (χ2n) is 4.55. The van der Waals surface area contributed by atoms with Crippen LogP contribution in [-0.4, -0.2) is 57.9 Å². The van der Waals surface area contributed by atoms with Gasteiger partial charge < -0.3 is 24.8 Å². The monoisotopic (exact) mass is 296 g/mol. The summed E-state index contributed by atoms with van der Waals surface area (Å²) >= 11 is 0. The van der Waals surface area contributed by atoms with Gasteiger partial charge in [0.2, 0.25) is 0 Å². The van der Waals surface area contributed by atoms with E-state index in [-0.39, 0.29) is 12.5 Å². The Hall–Kier alpha value is -1.79. The molecule has 0 saturated carbocycles. The van der Waals surface area contributed by atoms with E-state index >= 15 is 0 Å². The molecule has 0 saturated heterocycles. The highest BCUT2D eigenvalue weighted by molar-refractivity contribution is 5.78. The van der Waals surface area contributed by atoms with Gasteiger partial charge in [-0.2, -0.15) is 0 Å². The molecule has 0 fully saturated rings. The smallest absolute Gasteiger partial charge is 0.260 e. The Labute approximate surface area is 125 Å². The van der Waals surface area contributed by atoms with Gasteiger partial charge in [-0.3, -0.25) is 4.79 Å². The Kier molecular flexibility index (Phi) is 8.23. The van der Waals surface area contributed by atoms with Crippen molar-refractivity contribution in [1.82, 2.24) is 4.90 Å². The van der Waals surface area contributed by atoms with Gasteiger partial charge in [-0.1, -0.05) is 12.1 Å². The molecular weight excluding hydrogens is 272 g/mol. The summed E-state index contributed by atoms with van der Waals surface area (Å²) < 4.78 is 15.5. The highest BCUT2D eigenvalue weighted by Gasteiger charge is 2.14. The Morgan fingerprint density at radius 3 is 2.52 bits per heavy atom. The molecule has 6 heteroatoms. The van der Waals surface area contributed by atoms with Gasteiger partial charge in [-0.25, -0.2) is 0 Å². The predicted molar refractivity (Wildman–Crippen MR) is 81.3 cm³/mol. The molecule has 1 aromatic rings. The van der Waals surface area contributed by atoms with E-state index in [1.165, 1.54) is 0 Å². The first kappa shape index (κ1) is 17.3. The minimum absolute atomic E-state index is 0.0368. The van der Waals surface area contributed by atoms with Crippen molar-refractivity contribution >= 4 is 11.6 Å². The summed E-state index contributed by atoms with van der Waals surface area (Å²) in [5, 5.41) is 0. The standard InChI is InChI=1S/C15H24N2O4/c1-19-10-5-8-17(9-11-20-2)15(18)12-21-14-7-4-3-6-13(14)16/h3-4,6-7H,5,8-12,16H2,1-2H3. The van der Waals surface area contributed by atoms with E-state index in [0.29, 0.717) is 37.7 Å². The molecule has 21 heavy (non-hydrogen) atoms. The third-order valence-electron chi connectivity index (χ3n) is 2.96. The lowest BCUT2D eigenvalue weighted by atomic mass is 10.3. The molecule has 0 atom stereocenters. The van der Waals surface area contributed by atoms with Crippen LogP contribution in [0.25, 0.3) is 0 Å². The van der Waals surface area contributed by atoms with Gasteiger partial charge in [0.15, 0.2) is 6.61 Å². The minimum atomic E-state index is -0.0913. The lowest BCUT2D eigenvalue weighted by molar-refractivity contribution is -0.134. The van der Waals surface area contributed by atoms with Crippen LogP contribution in [0.15, 0.2) is 24.3 Å². The first-order valence-corrected chi connectivity index (χ1v) is 6.92. The first-order chi connectivity index (χ1) is 10.2. The third kappa shape index (κ3) is 6.46. The van der Waals surface area contributed by atoms with E-state index < -0.39 is 0 Å². The van der Waals surface area contributed by atoms with E-state index in [1.807, 2.05) is 12.1 Å². The molecule has 118 valence electrons. The fourth-order valence-electron chi connectivity index (χ4n) is 1.81. The normalized spacial score (nSPS) is 10.4. The predicted octanol–water partition coefficient (Wildman–Crippen LogP) is 1.16. The van der Waals surface area contributed by atoms with Crippen LogP contribution in [0.2, 0.25) is 0 Å². The number of para-hydroxylation sites is 2. The summed E-state index contributed by atoms with van der Waals surface area (Å²) in [7, 11) is 3.25. The minimum Gasteiger partial charge on any atom is -0.482 e. The Balaban J connectivity index is 2.48. The number of hydrogen-bond acceptors (Lipinski definition) is 5. The van der Waals surface area contributed by atoms with Crippen molar-refractivity contribution in [3.63, 3.8) is 0 Å². The second-order valence-corrected chi connectivity index (χ2v) is 4.55. The molecule has 0 heterocycles. The summed E-state index contributed by atoms with van der Waals surface area (Å²) in [6, 6.07) is 7.12. The number of nitrogens with zero attached hydrogens (tertiary/aromatic N) is 1. The summed E-state index contributed by atoms with van der Waals surface area (Å²) in [6.45, 7) is 2.22. The average Bonchev–Trinajstić information content (AvgIpc) is 2.49. The van der Waals surface area contributed by atoms with Gasteiger partial charge in [0.25, 0.3) is 5.91 Å². The van der Waals surface area contributed by atoms with Gasteiger partial charge in [0, 0.05) is 33.9 Å². The van der Waals surface area contributed by atoms with E-state index in [9.17, 15) is 4.79 Å². The van der Waals surface area contributed by atoms with Crippen LogP contribution in [0, 0.1) is 0 Å². The quantitative estimate of drug-likeness (QED) is 0.518. The molecule has 0 aromatic heterocycles. The van der Waals surface area contributed by atoms with Gasteiger partial charge >= 0.3 is 0 Å². The highest BCUT2D eigenvalue weighted by atomic mass is 16.5. The van der Waals surface area contributed by atoms with Gasteiger partial charge in [-0.05, 0) is 18.6 Å². The van der Waals surface area contributed by atoms with E-state index in [4.69, 9.17) is 19.9 Å². The number of nitrogen functional groups attached to an aromatic ring is 1. The molecule has 1 rings (SSSR count). The molecule has 0 aliphatic heterocycles. The van der Waals surface area contributed by atoms with Crippen LogP contribution in [-0.2, 0) is 14.3 Å². The number of amides is 1. The van der Waals surface area contributed by atoms with Crippen LogP contribution < -0.4 is 10.5 Å². The van der Waals surface area contributed by atoms with Crippen molar-refractivity contribution in [2.75, 3.05) is 52.9 Å². The summed E-state index contributed by atoms with van der Waals surface area (Å²) in [4.78, 5) is 13.9. The Morgan fingerprint density at radius 1 is 1.14 bits per heavy atom. The number of nitrogens with two attached hydrogens (primary N) is 1. The molecular formula is C15H24N2O4. The van der Waals surface area contributed by atoms with Crippen LogP contribution in [0.5, 0.6) is 5.75 Å². The van der Waals surface area contributed by atoms with Crippen LogP contribution in [0.3, 0.4) is 0 Å². The molecule has 0 aliphatic carbocycles. The number of rotatable bonds is 10. The van der Waals surface area contributed by atoms with Crippen molar-refractivity contribution < 1.29 is 19.0 Å². The molecule has 6 nitrogen and oxygen atoms in total.